The van der Waals surface area contributed by atoms with Crippen molar-refractivity contribution in [2.75, 3.05) is 13.7 Å². The molecule has 0 amide bonds. The van der Waals surface area contributed by atoms with Crippen LogP contribution in [0.2, 0.25) is 0 Å². The van der Waals surface area contributed by atoms with Crippen LogP contribution in [-0.2, 0) is 18.9 Å². The molecule has 47 heavy (non-hydrogen) atoms. The van der Waals surface area contributed by atoms with E-state index in [0.29, 0.717) is 89.4 Å². The maximum atomic E-state index is 7.12. The lowest BCUT2D eigenvalue weighted by molar-refractivity contribution is -0.156. The van der Waals surface area contributed by atoms with E-state index < -0.39 is 0 Å². The first-order valence-corrected chi connectivity index (χ1v) is 20.7. The van der Waals surface area contributed by atoms with E-state index in [9.17, 15) is 0 Å². The summed E-state index contributed by atoms with van der Waals surface area (Å²) in [5, 5.41) is 0. The average molecular weight is 659 g/mol. The Bertz CT molecular complexity index is 896. The predicted octanol–water partition coefficient (Wildman–Crippen LogP) is 11.0. The Balaban J connectivity index is 1.11. The molecule has 4 heteroatoms. The van der Waals surface area contributed by atoms with Crippen LogP contribution in [0.25, 0.3) is 0 Å². The molecule has 0 N–H and O–H groups in total. The van der Waals surface area contributed by atoms with E-state index in [1.54, 1.807) is 0 Å². The van der Waals surface area contributed by atoms with Crippen LogP contribution in [0.15, 0.2) is 0 Å². The molecule has 0 heterocycles. The Morgan fingerprint density at radius 3 is 1.21 bits per heavy atom. The Labute approximate surface area is 291 Å². The first-order valence-electron chi connectivity index (χ1n) is 20.7. The van der Waals surface area contributed by atoms with Gasteiger partial charge in [0.25, 0.3) is 0 Å². The summed E-state index contributed by atoms with van der Waals surface area (Å²) in [5.74, 6) is 7.13. The lowest BCUT2D eigenvalue weighted by Crippen LogP contribution is -2.49. The molecule has 0 aliphatic heterocycles. The van der Waals surface area contributed by atoms with Gasteiger partial charge in [0, 0.05) is 13.7 Å². The van der Waals surface area contributed by atoms with Gasteiger partial charge in [0.05, 0.1) is 36.6 Å². The fourth-order valence-corrected chi connectivity index (χ4v) is 12.3. The van der Waals surface area contributed by atoms with Gasteiger partial charge in [-0.2, -0.15) is 0 Å². The van der Waals surface area contributed by atoms with Gasteiger partial charge < -0.3 is 18.9 Å². The van der Waals surface area contributed by atoms with Crippen molar-refractivity contribution >= 4 is 0 Å². The normalized spacial score (nSPS) is 47.6. The maximum Gasteiger partial charge on any atom is 0.0630 e. The highest BCUT2D eigenvalue weighted by Gasteiger charge is 2.49. The van der Waals surface area contributed by atoms with Gasteiger partial charge in [0.15, 0.2) is 0 Å². The molecule has 5 saturated carbocycles. The Morgan fingerprint density at radius 2 is 0.830 bits per heavy atom. The highest BCUT2D eigenvalue weighted by atomic mass is 16.5. The van der Waals surface area contributed by atoms with Crippen LogP contribution >= 0.6 is 0 Å². The average Bonchev–Trinajstić information content (AvgIpc) is 3.00. The van der Waals surface area contributed by atoms with Crippen LogP contribution in [0, 0.1) is 70.5 Å². The zero-order chi connectivity index (χ0) is 34.0. The molecule has 0 radical (unpaired) electrons. The molecule has 5 rings (SSSR count). The summed E-state index contributed by atoms with van der Waals surface area (Å²) >= 11 is 0. The summed E-state index contributed by atoms with van der Waals surface area (Å²) in [6.07, 6.45) is 19.2. The molecule has 0 aromatic rings. The molecule has 0 aromatic carbocycles. The van der Waals surface area contributed by atoms with Crippen LogP contribution in [0.3, 0.4) is 0 Å². The van der Waals surface area contributed by atoms with Gasteiger partial charge in [-0.05, 0) is 135 Å². The monoisotopic (exact) mass is 659 g/mol. The second-order valence-electron chi connectivity index (χ2n) is 19.4. The van der Waals surface area contributed by atoms with E-state index >= 15 is 0 Å². The Hall–Kier alpha value is -0.160. The van der Waals surface area contributed by atoms with Gasteiger partial charge in [0.2, 0.25) is 0 Å². The minimum atomic E-state index is 0.345. The van der Waals surface area contributed by atoms with E-state index in [1.807, 2.05) is 7.11 Å². The molecule has 8 unspecified atom stereocenters. The topological polar surface area (TPSA) is 36.9 Å². The van der Waals surface area contributed by atoms with Crippen molar-refractivity contribution in [1.82, 2.24) is 0 Å². The van der Waals surface area contributed by atoms with Crippen molar-refractivity contribution in [3.05, 3.63) is 0 Å². The van der Waals surface area contributed by atoms with Crippen LogP contribution < -0.4 is 0 Å². The summed E-state index contributed by atoms with van der Waals surface area (Å²) in [6, 6.07) is 0. The lowest BCUT2D eigenvalue weighted by atomic mass is 9.55. The molecule has 8 atom stereocenters. The number of hydrogen-bond acceptors (Lipinski definition) is 4. The van der Waals surface area contributed by atoms with E-state index in [4.69, 9.17) is 18.9 Å². The SMILES string of the molecule is COC1C(C)CC(OC2C(C)CC(C(C)(C)C3CC(C)C(OC4CC(C)C(OCC5CCCCC5)C(C)C4)C(C)C3)CC2C)CC1C. The van der Waals surface area contributed by atoms with Crippen LogP contribution in [0.5, 0.6) is 0 Å². The van der Waals surface area contributed by atoms with Gasteiger partial charge in [0.1, 0.15) is 0 Å². The molecule has 0 bridgehead atoms. The van der Waals surface area contributed by atoms with Crippen molar-refractivity contribution in [3.63, 3.8) is 0 Å². The zero-order valence-electron chi connectivity index (χ0n) is 32.8. The third-order valence-electron chi connectivity index (χ3n) is 15.0. The summed E-state index contributed by atoms with van der Waals surface area (Å²) in [7, 11) is 1.88. The van der Waals surface area contributed by atoms with E-state index in [1.165, 1.54) is 57.8 Å². The van der Waals surface area contributed by atoms with E-state index in [2.05, 4.69) is 69.2 Å². The zero-order valence-corrected chi connectivity index (χ0v) is 32.8. The van der Waals surface area contributed by atoms with Crippen LogP contribution in [0.4, 0.5) is 0 Å². The lowest BCUT2D eigenvalue weighted by Gasteiger charge is -2.53. The van der Waals surface area contributed by atoms with Crippen LogP contribution in [0.1, 0.15) is 153 Å². The molecular weight excluding hydrogens is 580 g/mol. The molecule has 4 nitrogen and oxygen atoms in total. The van der Waals surface area contributed by atoms with Gasteiger partial charge in [-0.25, -0.2) is 0 Å². The smallest absolute Gasteiger partial charge is 0.0630 e. The third-order valence-corrected chi connectivity index (χ3v) is 15.0. The number of rotatable bonds is 10. The van der Waals surface area contributed by atoms with Crippen molar-refractivity contribution in [2.45, 2.75) is 189 Å². The second kappa shape index (κ2) is 16.5. The summed E-state index contributed by atoms with van der Waals surface area (Å²) in [5.41, 5.74) is 0.345. The third kappa shape index (κ3) is 9.02. The molecule has 0 aromatic heterocycles. The Morgan fingerprint density at radius 1 is 0.468 bits per heavy atom. The number of methoxy groups -OCH3 is 1. The molecular formula is C43H78O4. The second-order valence-corrected chi connectivity index (χ2v) is 19.4. The predicted molar refractivity (Wildman–Crippen MR) is 195 cm³/mol. The standard InChI is InChI=1S/C43H78O4/c1-26-17-35(18-27(2)41(26)46-37-21-30(5)39(44-11)31(6)22-37)43(9,10)36-19-28(3)42(29(4)20-36)47-38-23-32(7)40(33(8)24-38)45-25-34-15-13-12-14-16-34/h26-42H,12-25H2,1-11H3. The van der Waals surface area contributed by atoms with Gasteiger partial charge in [-0.15, -0.1) is 0 Å². The van der Waals surface area contributed by atoms with Crippen molar-refractivity contribution in [3.8, 4) is 0 Å². The van der Waals surface area contributed by atoms with E-state index in [0.717, 1.165) is 50.0 Å². The van der Waals surface area contributed by atoms with Crippen molar-refractivity contribution in [2.24, 2.45) is 70.5 Å². The van der Waals surface area contributed by atoms with Gasteiger partial charge in [-0.1, -0.05) is 88.5 Å². The largest absolute Gasteiger partial charge is 0.381 e. The summed E-state index contributed by atoms with van der Waals surface area (Å²) < 4.78 is 26.6. The minimum Gasteiger partial charge on any atom is -0.381 e. The van der Waals surface area contributed by atoms with Crippen LogP contribution in [-0.4, -0.2) is 50.3 Å². The molecule has 5 fully saturated rings. The molecule has 0 saturated heterocycles. The maximum absolute atomic E-state index is 7.12. The first kappa shape index (κ1) is 38.1. The van der Waals surface area contributed by atoms with Gasteiger partial charge >= 0.3 is 0 Å². The number of ether oxygens (including phenoxy) is 4. The first-order chi connectivity index (χ1) is 22.3. The number of hydrogen-bond donors (Lipinski definition) is 0. The molecule has 0 spiro atoms. The fourth-order valence-electron chi connectivity index (χ4n) is 12.3. The highest BCUT2D eigenvalue weighted by molar-refractivity contribution is 4.98. The molecule has 274 valence electrons. The summed E-state index contributed by atoms with van der Waals surface area (Å²) in [6.45, 7) is 25.8. The van der Waals surface area contributed by atoms with Crippen molar-refractivity contribution < 1.29 is 18.9 Å². The summed E-state index contributed by atoms with van der Waals surface area (Å²) in [4.78, 5) is 0. The fraction of sp³-hybridized carbons (Fsp3) is 1.00. The Kier molecular flexibility index (Phi) is 13.3. The van der Waals surface area contributed by atoms with E-state index in [-0.39, 0.29) is 0 Å². The molecule has 5 aliphatic rings. The quantitative estimate of drug-likeness (QED) is 0.234. The van der Waals surface area contributed by atoms with Crippen molar-refractivity contribution in [1.29, 1.82) is 0 Å². The molecule has 5 aliphatic carbocycles. The van der Waals surface area contributed by atoms with Gasteiger partial charge in [-0.3, -0.25) is 0 Å². The minimum absolute atomic E-state index is 0.345. The highest BCUT2D eigenvalue weighted by Crippen LogP contribution is 2.53.